The van der Waals surface area contributed by atoms with Crippen LogP contribution in [0.25, 0.3) is 0 Å². The first-order valence-corrected chi connectivity index (χ1v) is 6.81. The summed E-state index contributed by atoms with van der Waals surface area (Å²) in [4.78, 5) is 2.68. The Morgan fingerprint density at radius 2 is 2.19 bits per heavy atom. The summed E-state index contributed by atoms with van der Waals surface area (Å²) >= 11 is 0. The minimum atomic E-state index is 0.629. The van der Waals surface area contributed by atoms with Crippen LogP contribution < -0.4 is 5.32 Å². The number of rotatable bonds is 6. The molecule has 1 aliphatic heterocycles. The zero-order valence-electron chi connectivity index (χ0n) is 10.8. The average Bonchev–Trinajstić information content (AvgIpc) is 3.03. The lowest BCUT2D eigenvalue weighted by Gasteiger charge is -2.22. The number of likely N-dealkylation sites (tertiary alicyclic amines) is 1. The molecule has 2 heteroatoms. The predicted octanol–water partition coefficient (Wildman–Crippen LogP) is 2.41. The van der Waals surface area contributed by atoms with Crippen LogP contribution in [0, 0.1) is 5.92 Å². The van der Waals surface area contributed by atoms with Gasteiger partial charge in [-0.3, -0.25) is 4.90 Å². The third-order valence-electron chi connectivity index (χ3n) is 4.01. The fourth-order valence-electron chi connectivity index (χ4n) is 2.78. The van der Waals surface area contributed by atoms with Gasteiger partial charge >= 0.3 is 0 Å². The molecular formula is C14H26N2. The lowest BCUT2D eigenvalue weighted by Crippen LogP contribution is -2.41. The van der Waals surface area contributed by atoms with E-state index in [9.17, 15) is 0 Å². The zero-order valence-corrected chi connectivity index (χ0v) is 10.8. The van der Waals surface area contributed by atoms with Crippen LogP contribution >= 0.6 is 0 Å². The second-order valence-corrected chi connectivity index (χ2v) is 5.70. The third kappa shape index (κ3) is 3.08. The molecule has 1 saturated carbocycles. The number of hydrogen-bond donors (Lipinski definition) is 1. The number of nitrogens with zero attached hydrogens (tertiary/aromatic N) is 1. The Bertz CT molecular complexity index is 235. The van der Waals surface area contributed by atoms with E-state index in [-0.39, 0.29) is 0 Å². The van der Waals surface area contributed by atoms with E-state index in [0.29, 0.717) is 12.1 Å². The lowest BCUT2D eigenvalue weighted by molar-refractivity contribution is 0.310. The summed E-state index contributed by atoms with van der Waals surface area (Å²) in [5.74, 6) is 0.812. The fraction of sp³-hybridized carbons (Fsp3) is 0.857. The minimum Gasteiger partial charge on any atom is -0.310 e. The molecule has 0 aromatic rings. The van der Waals surface area contributed by atoms with Crippen LogP contribution in [-0.4, -0.2) is 36.1 Å². The summed E-state index contributed by atoms with van der Waals surface area (Å²) in [6.07, 6.45) is 7.24. The molecular weight excluding hydrogens is 196 g/mol. The molecule has 3 unspecified atom stereocenters. The van der Waals surface area contributed by atoms with E-state index in [1.54, 1.807) is 0 Å². The molecule has 1 N–H and O–H groups in total. The van der Waals surface area contributed by atoms with Gasteiger partial charge in [-0.1, -0.05) is 13.0 Å². The number of allylic oxidation sites excluding steroid dienone is 1. The highest BCUT2D eigenvalue weighted by molar-refractivity contribution is 4.95. The van der Waals surface area contributed by atoms with Crippen LogP contribution in [0.3, 0.4) is 0 Å². The highest BCUT2D eigenvalue weighted by Crippen LogP contribution is 2.31. The highest BCUT2D eigenvalue weighted by Gasteiger charge is 2.38. The van der Waals surface area contributed by atoms with E-state index in [1.165, 1.54) is 32.4 Å². The van der Waals surface area contributed by atoms with E-state index < -0.39 is 0 Å². The van der Waals surface area contributed by atoms with Crippen molar-refractivity contribution in [1.82, 2.24) is 10.2 Å². The third-order valence-corrected chi connectivity index (χ3v) is 4.01. The van der Waals surface area contributed by atoms with Crippen molar-refractivity contribution in [2.75, 3.05) is 13.1 Å². The summed E-state index contributed by atoms with van der Waals surface area (Å²) in [5, 5.41) is 3.79. The van der Waals surface area contributed by atoms with Gasteiger partial charge in [0, 0.05) is 31.2 Å². The Labute approximate surface area is 100 Å². The smallest absolute Gasteiger partial charge is 0.0235 e. The molecule has 0 amide bonds. The first-order chi connectivity index (χ1) is 7.70. The van der Waals surface area contributed by atoms with E-state index >= 15 is 0 Å². The SMILES string of the molecule is C=CCCC(C)NC1CN(C2CC2)CC1C. The summed E-state index contributed by atoms with van der Waals surface area (Å²) in [6, 6.07) is 2.27. The fourth-order valence-corrected chi connectivity index (χ4v) is 2.78. The van der Waals surface area contributed by atoms with Crippen LogP contribution in [0.15, 0.2) is 12.7 Å². The molecule has 1 aliphatic carbocycles. The van der Waals surface area contributed by atoms with Crippen LogP contribution in [0.4, 0.5) is 0 Å². The van der Waals surface area contributed by atoms with Crippen LogP contribution in [0.2, 0.25) is 0 Å². The Morgan fingerprint density at radius 3 is 2.81 bits per heavy atom. The average molecular weight is 222 g/mol. The summed E-state index contributed by atoms with van der Waals surface area (Å²) in [7, 11) is 0. The van der Waals surface area contributed by atoms with Crippen molar-refractivity contribution in [2.24, 2.45) is 5.92 Å². The predicted molar refractivity (Wildman–Crippen MR) is 69.6 cm³/mol. The molecule has 0 aromatic carbocycles. The molecule has 0 spiro atoms. The first kappa shape index (κ1) is 12.1. The van der Waals surface area contributed by atoms with Gasteiger partial charge in [-0.2, -0.15) is 0 Å². The van der Waals surface area contributed by atoms with Gasteiger partial charge in [-0.05, 0) is 38.5 Å². The van der Waals surface area contributed by atoms with Crippen molar-refractivity contribution in [1.29, 1.82) is 0 Å². The molecule has 3 atom stereocenters. The molecule has 92 valence electrons. The summed E-state index contributed by atoms with van der Waals surface area (Å²) < 4.78 is 0. The molecule has 0 aromatic heterocycles. The van der Waals surface area contributed by atoms with Gasteiger partial charge in [0.2, 0.25) is 0 Å². The van der Waals surface area contributed by atoms with Crippen LogP contribution in [0.5, 0.6) is 0 Å². The van der Waals surface area contributed by atoms with E-state index in [2.05, 4.69) is 30.6 Å². The van der Waals surface area contributed by atoms with Gasteiger partial charge in [0.25, 0.3) is 0 Å². The number of nitrogens with one attached hydrogen (secondary N) is 1. The second-order valence-electron chi connectivity index (χ2n) is 5.70. The molecule has 2 fully saturated rings. The lowest BCUT2D eigenvalue weighted by atomic mass is 10.0. The molecule has 2 aliphatic rings. The van der Waals surface area contributed by atoms with Gasteiger partial charge in [0.15, 0.2) is 0 Å². The zero-order chi connectivity index (χ0) is 11.5. The van der Waals surface area contributed by atoms with Gasteiger partial charge < -0.3 is 5.32 Å². The van der Waals surface area contributed by atoms with Crippen LogP contribution in [-0.2, 0) is 0 Å². The van der Waals surface area contributed by atoms with E-state index in [0.717, 1.165) is 18.4 Å². The van der Waals surface area contributed by atoms with E-state index in [4.69, 9.17) is 0 Å². The molecule has 16 heavy (non-hydrogen) atoms. The van der Waals surface area contributed by atoms with Gasteiger partial charge in [-0.15, -0.1) is 6.58 Å². The Morgan fingerprint density at radius 1 is 1.44 bits per heavy atom. The van der Waals surface area contributed by atoms with Gasteiger partial charge in [0.1, 0.15) is 0 Å². The quantitative estimate of drug-likeness (QED) is 0.694. The van der Waals surface area contributed by atoms with Crippen molar-refractivity contribution in [3.63, 3.8) is 0 Å². The standard InChI is InChI=1S/C14H26N2/c1-4-5-6-12(3)15-14-10-16(9-11(14)2)13-7-8-13/h4,11-15H,1,5-10H2,2-3H3. The molecule has 2 rings (SSSR count). The van der Waals surface area contributed by atoms with Crippen LogP contribution in [0.1, 0.15) is 39.5 Å². The Balaban J connectivity index is 1.74. The largest absolute Gasteiger partial charge is 0.310 e. The molecule has 1 heterocycles. The minimum absolute atomic E-state index is 0.629. The first-order valence-electron chi connectivity index (χ1n) is 6.81. The van der Waals surface area contributed by atoms with Gasteiger partial charge in [-0.25, -0.2) is 0 Å². The Hall–Kier alpha value is -0.340. The summed E-state index contributed by atoms with van der Waals surface area (Å²) in [6.45, 7) is 11.0. The maximum atomic E-state index is 3.79. The monoisotopic (exact) mass is 222 g/mol. The van der Waals surface area contributed by atoms with Crippen molar-refractivity contribution < 1.29 is 0 Å². The van der Waals surface area contributed by atoms with Crippen molar-refractivity contribution in [2.45, 2.75) is 57.7 Å². The molecule has 0 bridgehead atoms. The second kappa shape index (κ2) is 5.33. The van der Waals surface area contributed by atoms with Crippen molar-refractivity contribution in [3.05, 3.63) is 12.7 Å². The maximum absolute atomic E-state index is 3.79. The maximum Gasteiger partial charge on any atom is 0.0235 e. The van der Waals surface area contributed by atoms with Crippen molar-refractivity contribution in [3.8, 4) is 0 Å². The highest BCUT2D eigenvalue weighted by atomic mass is 15.2. The van der Waals surface area contributed by atoms with Gasteiger partial charge in [0.05, 0.1) is 0 Å². The normalized spacial score (nSPS) is 32.9. The van der Waals surface area contributed by atoms with E-state index in [1.807, 2.05) is 6.08 Å². The Kier molecular flexibility index (Phi) is 4.04. The molecule has 0 radical (unpaired) electrons. The topological polar surface area (TPSA) is 15.3 Å². The molecule has 1 saturated heterocycles. The number of hydrogen-bond acceptors (Lipinski definition) is 2. The van der Waals surface area contributed by atoms with Crippen molar-refractivity contribution >= 4 is 0 Å². The molecule has 2 nitrogen and oxygen atoms in total. The summed E-state index contributed by atoms with van der Waals surface area (Å²) in [5.41, 5.74) is 0.